The number of carbonyl (C=O) groups is 1. The third kappa shape index (κ3) is 3.08. The fourth-order valence-electron chi connectivity index (χ4n) is 2.32. The van der Waals surface area contributed by atoms with Crippen molar-refractivity contribution in [3.8, 4) is 5.75 Å². The number of hydrogen-bond donors (Lipinski definition) is 0. The van der Waals surface area contributed by atoms with Crippen LogP contribution in [-0.2, 0) is 4.79 Å². The highest BCUT2D eigenvalue weighted by atomic mass is 32.2. The van der Waals surface area contributed by atoms with Gasteiger partial charge in [0, 0.05) is 23.0 Å². The molecule has 3 heteroatoms. The molecule has 18 heavy (non-hydrogen) atoms. The van der Waals surface area contributed by atoms with Gasteiger partial charge in [-0.15, -0.1) is 11.8 Å². The van der Waals surface area contributed by atoms with Crippen LogP contribution in [0.1, 0.15) is 36.8 Å². The molecule has 1 aromatic carbocycles. The van der Waals surface area contributed by atoms with E-state index in [4.69, 9.17) is 4.74 Å². The largest absolute Gasteiger partial charge is 0.496 e. The van der Waals surface area contributed by atoms with Crippen LogP contribution in [-0.4, -0.2) is 18.1 Å². The molecule has 0 saturated heterocycles. The van der Waals surface area contributed by atoms with Crippen LogP contribution in [0.4, 0.5) is 0 Å². The molecule has 0 heterocycles. The molecule has 2 rings (SSSR count). The summed E-state index contributed by atoms with van der Waals surface area (Å²) in [5.41, 5.74) is 2.44. The van der Waals surface area contributed by atoms with Gasteiger partial charge in [-0.1, -0.05) is 0 Å². The molecule has 2 nitrogen and oxygen atoms in total. The first kappa shape index (κ1) is 13.5. The summed E-state index contributed by atoms with van der Waals surface area (Å²) in [7, 11) is 1.71. The number of carbonyl (C=O) groups excluding carboxylic acids is 1. The van der Waals surface area contributed by atoms with Crippen molar-refractivity contribution in [3.05, 3.63) is 23.3 Å². The smallest absolute Gasteiger partial charge is 0.132 e. The lowest BCUT2D eigenvalue weighted by atomic mass is 9.99. The van der Waals surface area contributed by atoms with Gasteiger partial charge in [0.25, 0.3) is 0 Å². The fraction of sp³-hybridized carbons (Fsp3) is 0.533. The van der Waals surface area contributed by atoms with Crippen molar-refractivity contribution in [1.29, 1.82) is 0 Å². The lowest BCUT2D eigenvalue weighted by Crippen LogP contribution is -2.15. The van der Waals surface area contributed by atoms with Crippen LogP contribution in [0.5, 0.6) is 5.75 Å². The van der Waals surface area contributed by atoms with Crippen LogP contribution < -0.4 is 4.74 Å². The van der Waals surface area contributed by atoms with Crippen LogP contribution in [0.15, 0.2) is 17.0 Å². The summed E-state index contributed by atoms with van der Waals surface area (Å²) in [6, 6.07) is 4.31. The third-order valence-electron chi connectivity index (χ3n) is 3.48. The van der Waals surface area contributed by atoms with Gasteiger partial charge in [0.05, 0.1) is 7.11 Å². The zero-order valence-corrected chi connectivity index (χ0v) is 12.1. The highest BCUT2D eigenvalue weighted by molar-refractivity contribution is 8.00. The minimum absolute atomic E-state index is 0.425. The predicted octanol–water partition coefficient (Wildman–Crippen LogP) is 3.92. The molecule has 0 atom stereocenters. The van der Waals surface area contributed by atoms with Gasteiger partial charge in [0.2, 0.25) is 0 Å². The summed E-state index contributed by atoms with van der Waals surface area (Å²) in [6.45, 7) is 4.20. The minimum Gasteiger partial charge on any atom is -0.496 e. The Morgan fingerprint density at radius 2 is 1.83 bits per heavy atom. The summed E-state index contributed by atoms with van der Waals surface area (Å²) in [6.07, 6.45) is 3.56. The van der Waals surface area contributed by atoms with Crippen LogP contribution in [0.2, 0.25) is 0 Å². The first-order valence-electron chi connectivity index (χ1n) is 6.43. The number of Topliss-reactive ketones (excluding diaryl/α,β-unsaturated/α-hetero) is 1. The molecule has 0 bridgehead atoms. The first-order chi connectivity index (χ1) is 8.60. The van der Waals surface area contributed by atoms with Crippen molar-refractivity contribution < 1.29 is 9.53 Å². The van der Waals surface area contributed by atoms with E-state index in [0.29, 0.717) is 11.0 Å². The zero-order chi connectivity index (χ0) is 13.1. The van der Waals surface area contributed by atoms with Gasteiger partial charge >= 0.3 is 0 Å². The number of hydrogen-bond acceptors (Lipinski definition) is 3. The average Bonchev–Trinajstić information content (AvgIpc) is 2.36. The monoisotopic (exact) mass is 264 g/mol. The summed E-state index contributed by atoms with van der Waals surface area (Å²) < 4.78 is 5.33. The maximum atomic E-state index is 11.2. The molecule has 1 aromatic rings. The maximum Gasteiger partial charge on any atom is 0.132 e. The van der Waals surface area contributed by atoms with Crippen LogP contribution in [0.25, 0.3) is 0 Å². The van der Waals surface area contributed by atoms with Crippen molar-refractivity contribution in [2.75, 3.05) is 7.11 Å². The van der Waals surface area contributed by atoms with E-state index in [2.05, 4.69) is 26.0 Å². The van der Waals surface area contributed by atoms with Gasteiger partial charge in [-0.25, -0.2) is 0 Å². The quantitative estimate of drug-likeness (QED) is 0.828. The van der Waals surface area contributed by atoms with Crippen molar-refractivity contribution in [2.24, 2.45) is 0 Å². The van der Waals surface area contributed by atoms with Gasteiger partial charge < -0.3 is 4.74 Å². The van der Waals surface area contributed by atoms with E-state index in [1.807, 2.05) is 11.8 Å². The van der Waals surface area contributed by atoms with Crippen LogP contribution in [0.3, 0.4) is 0 Å². The van der Waals surface area contributed by atoms with E-state index in [-0.39, 0.29) is 0 Å². The molecule has 1 saturated carbocycles. The molecule has 0 aliphatic heterocycles. The lowest BCUT2D eigenvalue weighted by Gasteiger charge is -2.21. The Balaban J connectivity index is 2.09. The molecule has 1 aliphatic carbocycles. The summed E-state index contributed by atoms with van der Waals surface area (Å²) in [5, 5.41) is 0.592. The molecule has 1 fully saturated rings. The van der Waals surface area contributed by atoms with E-state index >= 15 is 0 Å². The first-order valence-corrected chi connectivity index (χ1v) is 7.31. The molecule has 0 radical (unpaired) electrons. The molecule has 0 spiro atoms. The van der Waals surface area contributed by atoms with Crippen molar-refractivity contribution in [2.45, 2.75) is 49.7 Å². The second kappa shape index (κ2) is 5.79. The Morgan fingerprint density at radius 3 is 2.44 bits per heavy atom. The minimum atomic E-state index is 0.425. The number of rotatable bonds is 3. The molecular formula is C15H20O2S. The van der Waals surface area contributed by atoms with E-state index in [1.165, 1.54) is 16.0 Å². The predicted molar refractivity (Wildman–Crippen MR) is 75.6 cm³/mol. The number of aryl methyl sites for hydroxylation is 2. The number of ketones is 1. The molecule has 0 unspecified atom stereocenters. The van der Waals surface area contributed by atoms with E-state index < -0.39 is 0 Å². The van der Waals surface area contributed by atoms with Gasteiger partial charge in [-0.05, 0) is 49.9 Å². The fourth-order valence-corrected chi connectivity index (χ4v) is 3.64. The number of methoxy groups -OCH3 is 1. The third-order valence-corrected chi connectivity index (χ3v) is 4.97. The average molecular weight is 264 g/mol. The molecule has 98 valence electrons. The van der Waals surface area contributed by atoms with Crippen molar-refractivity contribution >= 4 is 17.5 Å². The van der Waals surface area contributed by atoms with Gasteiger partial charge in [0.15, 0.2) is 0 Å². The maximum absolute atomic E-state index is 11.2. The standard InChI is InChI=1S/C15H20O2S/c1-10-9-15(11(2)8-14(10)17-3)18-13-6-4-12(16)5-7-13/h8-9,13H,4-7H2,1-3H3. The number of ether oxygens (including phenoxy) is 1. The lowest BCUT2D eigenvalue weighted by molar-refractivity contribution is -0.120. The molecule has 0 amide bonds. The molecular weight excluding hydrogens is 244 g/mol. The molecule has 0 aromatic heterocycles. The highest BCUT2D eigenvalue weighted by Gasteiger charge is 2.20. The van der Waals surface area contributed by atoms with Crippen LogP contribution >= 0.6 is 11.8 Å². The topological polar surface area (TPSA) is 26.3 Å². The normalized spacial score (nSPS) is 16.9. The van der Waals surface area contributed by atoms with E-state index in [0.717, 1.165) is 31.4 Å². The van der Waals surface area contributed by atoms with E-state index in [1.54, 1.807) is 7.11 Å². The number of benzene rings is 1. The summed E-state index contributed by atoms with van der Waals surface area (Å²) in [4.78, 5) is 12.6. The number of thioether (sulfide) groups is 1. The second-order valence-corrected chi connectivity index (χ2v) is 6.29. The van der Waals surface area contributed by atoms with Crippen molar-refractivity contribution in [3.63, 3.8) is 0 Å². The highest BCUT2D eigenvalue weighted by Crippen LogP contribution is 2.36. The SMILES string of the molecule is COc1cc(C)c(SC2CCC(=O)CC2)cc1C. The second-order valence-electron chi connectivity index (χ2n) is 4.94. The Morgan fingerprint density at radius 1 is 1.17 bits per heavy atom. The molecule has 0 N–H and O–H groups in total. The summed E-state index contributed by atoms with van der Waals surface area (Å²) in [5.74, 6) is 1.38. The van der Waals surface area contributed by atoms with Gasteiger partial charge in [-0.3, -0.25) is 4.79 Å². The molecule has 1 aliphatic rings. The summed E-state index contributed by atoms with van der Waals surface area (Å²) >= 11 is 1.92. The van der Waals surface area contributed by atoms with Gasteiger partial charge in [0.1, 0.15) is 11.5 Å². The Labute approximate surface area is 113 Å². The van der Waals surface area contributed by atoms with Gasteiger partial charge in [-0.2, -0.15) is 0 Å². The van der Waals surface area contributed by atoms with E-state index in [9.17, 15) is 4.79 Å². The zero-order valence-electron chi connectivity index (χ0n) is 11.3. The van der Waals surface area contributed by atoms with Crippen LogP contribution in [0, 0.1) is 13.8 Å². The Bertz CT molecular complexity index is 444. The van der Waals surface area contributed by atoms with Crippen molar-refractivity contribution in [1.82, 2.24) is 0 Å². The Hall–Kier alpha value is -0.960. The Kier molecular flexibility index (Phi) is 4.33.